The molecule has 0 aromatic carbocycles. The van der Waals surface area contributed by atoms with Crippen molar-refractivity contribution in [3.63, 3.8) is 0 Å². The van der Waals surface area contributed by atoms with Crippen molar-refractivity contribution in [2.24, 2.45) is 10.9 Å². The highest BCUT2D eigenvalue weighted by atomic mass is 127. The van der Waals surface area contributed by atoms with Crippen molar-refractivity contribution in [2.75, 3.05) is 45.8 Å². The van der Waals surface area contributed by atoms with Gasteiger partial charge in [-0.1, -0.05) is 19.9 Å². The molecular formula is C23H44IN5S. The second-order valence-electron chi connectivity index (χ2n) is 8.26. The number of hydrogen-bond acceptors (Lipinski definition) is 4. The number of guanidine groups is 1. The van der Waals surface area contributed by atoms with Gasteiger partial charge in [-0.3, -0.25) is 9.89 Å². The van der Waals surface area contributed by atoms with Gasteiger partial charge in [-0.05, 0) is 83.1 Å². The van der Waals surface area contributed by atoms with E-state index in [0.29, 0.717) is 12.0 Å². The van der Waals surface area contributed by atoms with E-state index < -0.39 is 0 Å². The first-order chi connectivity index (χ1) is 14.1. The van der Waals surface area contributed by atoms with Gasteiger partial charge in [0.05, 0.1) is 0 Å². The van der Waals surface area contributed by atoms with Crippen molar-refractivity contribution in [1.29, 1.82) is 0 Å². The van der Waals surface area contributed by atoms with Gasteiger partial charge >= 0.3 is 0 Å². The Morgan fingerprint density at radius 1 is 1.33 bits per heavy atom. The highest BCUT2D eigenvalue weighted by Crippen LogP contribution is 2.20. The summed E-state index contributed by atoms with van der Waals surface area (Å²) in [5.74, 6) is 1.65. The summed E-state index contributed by atoms with van der Waals surface area (Å²) in [6.07, 6.45) is 5.00. The molecule has 0 spiro atoms. The van der Waals surface area contributed by atoms with Crippen LogP contribution in [0, 0.1) is 5.92 Å². The smallest absolute Gasteiger partial charge is 0.191 e. The minimum Gasteiger partial charge on any atom is -0.357 e. The molecule has 0 amide bonds. The average molecular weight is 550 g/mol. The zero-order chi connectivity index (χ0) is 20.9. The van der Waals surface area contributed by atoms with Crippen LogP contribution in [-0.4, -0.2) is 67.6 Å². The number of piperidine rings is 1. The van der Waals surface area contributed by atoms with Crippen LogP contribution in [0.15, 0.2) is 22.5 Å². The molecule has 0 aliphatic carbocycles. The number of thiophene rings is 1. The molecule has 2 atom stereocenters. The maximum atomic E-state index is 4.94. The van der Waals surface area contributed by atoms with Crippen LogP contribution < -0.4 is 10.6 Å². The van der Waals surface area contributed by atoms with E-state index >= 15 is 0 Å². The molecule has 1 aromatic heterocycles. The summed E-state index contributed by atoms with van der Waals surface area (Å²) in [5, 5.41) is 9.24. The van der Waals surface area contributed by atoms with E-state index in [1.54, 1.807) is 0 Å². The number of nitrogens with zero attached hydrogens (tertiary/aromatic N) is 3. The molecule has 1 aliphatic heterocycles. The van der Waals surface area contributed by atoms with E-state index in [9.17, 15) is 0 Å². The fraction of sp³-hybridized carbons (Fsp3) is 0.783. The summed E-state index contributed by atoms with van der Waals surface area (Å²) in [7, 11) is 0. The summed E-state index contributed by atoms with van der Waals surface area (Å²) in [4.78, 5) is 11.5. The number of likely N-dealkylation sites (tertiary alicyclic amines) is 1. The Bertz CT molecular complexity index is 562. The molecule has 2 heterocycles. The summed E-state index contributed by atoms with van der Waals surface area (Å²) in [5.41, 5.74) is 0. The van der Waals surface area contributed by atoms with Gasteiger partial charge in [-0.2, -0.15) is 0 Å². The minimum absolute atomic E-state index is 0. The Kier molecular flexibility index (Phi) is 15.0. The number of rotatable bonds is 12. The molecule has 7 heteroatoms. The molecule has 2 unspecified atom stereocenters. The molecule has 0 saturated carbocycles. The van der Waals surface area contributed by atoms with Gasteiger partial charge in [0.2, 0.25) is 0 Å². The highest BCUT2D eigenvalue weighted by molar-refractivity contribution is 14.0. The molecule has 1 saturated heterocycles. The third-order valence-corrected chi connectivity index (χ3v) is 6.66. The maximum absolute atomic E-state index is 4.94. The van der Waals surface area contributed by atoms with E-state index in [4.69, 9.17) is 4.99 Å². The van der Waals surface area contributed by atoms with Gasteiger partial charge in [0.1, 0.15) is 0 Å². The van der Waals surface area contributed by atoms with Crippen molar-refractivity contribution < 1.29 is 0 Å². The molecule has 1 aromatic rings. The number of halogens is 1. The standard InChI is InChI=1S/C23H43N5S.HI/c1-5-24-23(26-20(4)11-8-14-27(6-2)7-3)25-17-21-12-9-15-28(18-21)19-22-13-10-16-29-22;/h10,13,16,20-21H,5-9,11-12,14-15,17-19H2,1-4H3,(H2,24,25,26);1H. The van der Waals surface area contributed by atoms with Crippen molar-refractivity contribution in [3.05, 3.63) is 22.4 Å². The van der Waals surface area contributed by atoms with Crippen LogP contribution in [-0.2, 0) is 6.54 Å². The molecule has 1 aliphatic rings. The van der Waals surface area contributed by atoms with Gasteiger partial charge in [-0.25, -0.2) is 0 Å². The van der Waals surface area contributed by atoms with E-state index in [-0.39, 0.29) is 24.0 Å². The van der Waals surface area contributed by atoms with E-state index in [0.717, 1.165) is 38.7 Å². The number of hydrogen-bond donors (Lipinski definition) is 2. The Balaban J connectivity index is 0.00000450. The topological polar surface area (TPSA) is 42.9 Å². The zero-order valence-corrected chi connectivity index (χ0v) is 22.7. The van der Waals surface area contributed by atoms with Crippen LogP contribution in [0.5, 0.6) is 0 Å². The van der Waals surface area contributed by atoms with Crippen LogP contribution in [0.2, 0.25) is 0 Å². The molecule has 1 fully saturated rings. The average Bonchev–Trinajstić information content (AvgIpc) is 3.23. The molecule has 2 rings (SSSR count). The van der Waals surface area contributed by atoms with Crippen LogP contribution in [0.4, 0.5) is 0 Å². The summed E-state index contributed by atoms with van der Waals surface area (Å²) >= 11 is 1.87. The fourth-order valence-electron chi connectivity index (χ4n) is 4.07. The second kappa shape index (κ2) is 16.3. The Hall–Kier alpha value is -0.380. The minimum atomic E-state index is 0. The number of aliphatic imine (C=N–C) groups is 1. The lowest BCUT2D eigenvalue weighted by Crippen LogP contribution is -2.43. The fourth-order valence-corrected chi connectivity index (χ4v) is 4.82. The quantitative estimate of drug-likeness (QED) is 0.227. The van der Waals surface area contributed by atoms with Crippen molar-refractivity contribution in [3.8, 4) is 0 Å². The van der Waals surface area contributed by atoms with E-state index in [1.807, 2.05) is 11.3 Å². The maximum Gasteiger partial charge on any atom is 0.191 e. The molecule has 2 N–H and O–H groups in total. The summed E-state index contributed by atoms with van der Waals surface area (Å²) in [6.45, 7) is 17.7. The predicted molar refractivity (Wildman–Crippen MR) is 143 cm³/mol. The van der Waals surface area contributed by atoms with Crippen LogP contribution in [0.3, 0.4) is 0 Å². The SMILES string of the molecule is CCNC(=NCC1CCCN(Cc2cccs2)C1)NC(C)CCCN(CC)CC.I. The lowest BCUT2D eigenvalue weighted by Gasteiger charge is -2.31. The van der Waals surface area contributed by atoms with E-state index in [1.165, 1.54) is 50.2 Å². The van der Waals surface area contributed by atoms with Gasteiger partial charge in [0.15, 0.2) is 5.96 Å². The van der Waals surface area contributed by atoms with Gasteiger partial charge < -0.3 is 15.5 Å². The van der Waals surface area contributed by atoms with E-state index in [2.05, 4.69) is 65.6 Å². The third-order valence-electron chi connectivity index (χ3n) is 5.80. The second-order valence-corrected chi connectivity index (χ2v) is 9.29. The first-order valence-corrected chi connectivity index (χ1v) is 12.5. The van der Waals surface area contributed by atoms with Crippen molar-refractivity contribution >= 4 is 41.3 Å². The van der Waals surface area contributed by atoms with Crippen molar-refractivity contribution in [1.82, 2.24) is 20.4 Å². The van der Waals surface area contributed by atoms with Gasteiger partial charge in [-0.15, -0.1) is 35.3 Å². The normalized spacial score (nSPS) is 18.8. The zero-order valence-electron chi connectivity index (χ0n) is 19.5. The predicted octanol–water partition coefficient (Wildman–Crippen LogP) is 4.64. The largest absolute Gasteiger partial charge is 0.357 e. The monoisotopic (exact) mass is 549 g/mol. The van der Waals surface area contributed by atoms with Crippen LogP contribution in [0.25, 0.3) is 0 Å². The third kappa shape index (κ3) is 10.8. The molecule has 0 radical (unpaired) electrons. The first-order valence-electron chi connectivity index (χ1n) is 11.7. The molecule has 30 heavy (non-hydrogen) atoms. The Labute approximate surface area is 206 Å². The van der Waals surface area contributed by atoms with Gasteiger partial charge in [0, 0.05) is 37.1 Å². The lowest BCUT2D eigenvalue weighted by molar-refractivity contribution is 0.172. The summed E-state index contributed by atoms with van der Waals surface area (Å²) < 4.78 is 0. The Morgan fingerprint density at radius 3 is 2.80 bits per heavy atom. The first kappa shape index (κ1) is 27.7. The molecule has 5 nitrogen and oxygen atoms in total. The Morgan fingerprint density at radius 2 is 2.13 bits per heavy atom. The number of nitrogens with one attached hydrogen (secondary N) is 2. The molecule has 174 valence electrons. The highest BCUT2D eigenvalue weighted by Gasteiger charge is 2.20. The lowest BCUT2D eigenvalue weighted by atomic mass is 9.98. The molecular weight excluding hydrogens is 505 g/mol. The van der Waals surface area contributed by atoms with Crippen LogP contribution in [0.1, 0.15) is 58.3 Å². The van der Waals surface area contributed by atoms with Gasteiger partial charge in [0.25, 0.3) is 0 Å². The van der Waals surface area contributed by atoms with Crippen LogP contribution >= 0.6 is 35.3 Å². The summed E-state index contributed by atoms with van der Waals surface area (Å²) in [6, 6.07) is 4.86. The van der Waals surface area contributed by atoms with Crippen molar-refractivity contribution in [2.45, 2.75) is 66.0 Å². The molecule has 0 bridgehead atoms.